The summed E-state index contributed by atoms with van der Waals surface area (Å²) in [6, 6.07) is 5.45. The number of benzene rings is 1. The van der Waals surface area contributed by atoms with E-state index < -0.39 is 0 Å². The Morgan fingerprint density at radius 2 is 2.05 bits per heavy atom. The monoisotopic (exact) mass is 274 g/mol. The summed E-state index contributed by atoms with van der Waals surface area (Å²) in [5.41, 5.74) is 4.27. The number of imidazole rings is 1. The summed E-state index contributed by atoms with van der Waals surface area (Å²) in [6.07, 6.45) is 0. The number of methoxy groups -OCH3 is 2. The Kier molecular flexibility index (Phi) is 4.20. The average molecular weight is 274 g/mol. The van der Waals surface area contributed by atoms with Crippen LogP contribution in [0.4, 0.5) is 0 Å². The molecule has 0 amide bonds. The van der Waals surface area contributed by atoms with Gasteiger partial charge in [0.05, 0.1) is 18.4 Å². The van der Waals surface area contributed by atoms with Crippen molar-refractivity contribution in [1.29, 1.82) is 0 Å². The van der Waals surface area contributed by atoms with Gasteiger partial charge in [0.25, 0.3) is 0 Å². The topological polar surface area (TPSA) is 64.2 Å². The highest BCUT2D eigenvalue weighted by molar-refractivity contribution is 5.91. The van der Waals surface area contributed by atoms with Crippen molar-refractivity contribution in [3.05, 3.63) is 40.8 Å². The molecule has 0 spiro atoms. The van der Waals surface area contributed by atoms with Gasteiger partial charge in [-0.25, -0.2) is 9.78 Å². The number of ether oxygens (including phenoxy) is 2. The van der Waals surface area contributed by atoms with Gasteiger partial charge in [-0.05, 0) is 31.5 Å². The molecule has 2 aromatic rings. The van der Waals surface area contributed by atoms with Crippen molar-refractivity contribution < 1.29 is 14.3 Å². The van der Waals surface area contributed by atoms with Gasteiger partial charge in [0.2, 0.25) is 0 Å². The highest BCUT2D eigenvalue weighted by atomic mass is 16.5. The summed E-state index contributed by atoms with van der Waals surface area (Å²) in [7, 11) is 3.00. The molecule has 1 aromatic carbocycles. The lowest BCUT2D eigenvalue weighted by atomic mass is 10.0. The van der Waals surface area contributed by atoms with Crippen molar-refractivity contribution in [1.82, 2.24) is 9.97 Å². The summed E-state index contributed by atoms with van der Waals surface area (Å²) in [5, 5.41) is 0. The van der Waals surface area contributed by atoms with Crippen LogP contribution < -0.4 is 0 Å². The fourth-order valence-corrected chi connectivity index (χ4v) is 2.11. The van der Waals surface area contributed by atoms with Crippen molar-refractivity contribution in [2.45, 2.75) is 20.5 Å². The largest absolute Gasteiger partial charge is 0.465 e. The van der Waals surface area contributed by atoms with Gasteiger partial charge in [-0.1, -0.05) is 6.07 Å². The van der Waals surface area contributed by atoms with Gasteiger partial charge in [0, 0.05) is 18.4 Å². The van der Waals surface area contributed by atoms with Crippen LogP contribution in [0.15, 0.2) is 18.2 Å². The van der Waals surface area contributed by atoms with Crippen LogP contribution >= 0.6 is 0 Å². The number of aryl methyl sites for hydroxylation is 2. The first kappa shape index (κ1) is 14.3. The number of carbonyl (C=O) groups is 1. The number of hydrogen-bond donors (Lipinski definition) is 1. The summed E-state index contributed by atoms with van der Waals surface area (Å²) < 4.78 is 9.83. The van der Waals surface area contributed by atoms with E-state index in [1.165, 1.54) is 7.11 Å². The molecule has 0 aliphatic rings. The molecule has 5 heteroatoms. The predicted molar refractivity (Wildman–Crippen MR) is 75.6 cm³/mol. The SMILES string of the molecule is COCc1nc(-c2cc(C(=O)OC)ccc2C)c(C)[nH]1. The van der Waals surface area contributed by atoms with Crippen LogP contribution in [0, 0.1) is 13.8 Å². The quantitative estimate of drug-likeness (QED) is 0.870. The van der Waals surface area contributed by atoms with Crippen LogP contribution in [0.3, 0.4) is 0 Å². The summed E-state index contributed by atoms with van der Waals surface area (Å²) in [5.74, 6) is 0.416. The Morgan fingerprint density at radius 3 is 2.70 bits per heavy atom. The second-order valence-electron chi connectivity index (χ2n) is 4.61. The number of nitrogens with zero attached hydrogens (tertiary/aromatic N) is 1. The fourth-order valence-electron chi connectivity index (χ4n) is 2.11. The molecule has 0 saturated carbocycles. The number of rotatable bonds is 4. The molecule has 0 aliphatic heterocycles. The summed E-state index contributed by atoms with van der Waals surface area (Å²) in [6.45, 7) is 4.36. The Morgan fingerprint density at radius 1 is 1.30 bits per heavy atom. The maximum absolute atomic E-state index is 11.6. The normalized spacial score (nSPS) is 10.6. The lowest BCUT2D eigenvalue weighted by Gasteiger charge is -2.06. The predicted octanol–water partition coefficient (Wildman–Crippen LogP) is 2.63. The molecule has 5 nitrogen and oxygen atoms in total. The zero-order valence-electron chi connectivity index (χ0n) is 12.1. The van der Waals surface area contributed by atoms with E-state index in [1.54, 1.807) is 19.2 Å². The van der Waals surface area contributed by atoms with Crippen LogP contribution in [-0.4, -0.2) is 30.2 Å². The molecule has 0 unspecified atom stereocenters. The minimum atomic E-state index is -0.350. The highest BCUT2D eigenvalue weighted by Crippen LogP contribution is 2.26. The summed E-state index contributed by atoms with van der Waals surface area (Å²) in [4.78, 5) is 19.3. The van der Waals surface area contributed by atoms with E-state index in [2.05, 4.69) is 9.97 Å². The van der Waals surface area contributed by atoms with Crippen LogP contribution in [0.1, 0.15) is 27.4 Å². The van der Waals surface area contributed by atoms with E-state index in [4.69, 9.17) is 9.47 Å². The van der Waals surface area contributed by atoms with E-state index in [9.17, 15) is 4.79 Å². The molecule has 1 aromatic heterocycles. The number of carbonyl (C=O) groups excluding carboxylic acids is 1. The number of esters is 1. The lowest BCUT2D eigenvalue weighted by Crippen LogP contribution is -2.02. The zero-order valence-corrected chi connectivity index (χ0v) is 12.1. The molecule has 106 valence electrons. The number of aromatic nitrogens is 2. The van der Waals surface area contributed by atoms with Gasteiger partial charge in [-0.2, -0.15) is 0 Å². The van der Waals surface area contributed by atoms with E-state index in [0.717, 1.165) is 28.3 Å². The summed E-state index contributed by atoms with van der Waals surface area (Å²) >= 11 is 0. The van der Waals surface area contributed by atoms with Gasteiger partial charge < -0.3 is 14.5 Å². The minimum Gasteiger partial charge on any atom is -0.465 e. The van der Waals surface area contributed by atoms with Gasteiger partial charge in [0.15, 0.2) is 0 Å². The Labute approximate surface area is 117 Å². The first-order chi connectivity index (χ1) is 9.56. The first-order valence-corrected chi connectivity index (χ1v) is 6.30. The molecule has 1 heterocycles. The second kappa shape index (κ2) is 5.88. The van der Waals surface area contributed by atoms with Crippen LogP contribution in [0.2, 0.25) is 0 Å². The maximum Gasteiger partial charge on any atom is 0.337 e. The number of nitrogens with one attached hydrogen (secondary N) is 1. The average Bonchev–Trinajstić information content (AvgIpc) is 2.79. The van der Waals surface area contributed by atoms with E-state index in [-0.39, 0.29) is 5.97 Å². The Balaban J connectivity index is 2.48. The van der Waals surface area contributed by atoms with Crippen molar-refractivity contribution in [3.8, 4) is 11.3 Å². The number of hydrogen-bond acceptors (Lipinski definition) is 4. The van der Waals surface area contributed by atoms with Crippen LogP contribution in [0.5, 0.6) is 0 Å². The molecule has 0 atom stereocenters. The molecular weight excluding hydrogens is 256 g/mol. The smallest absolute Gasteiger partial charge is 0.337 e. The molecule has 0 fully saturated rings. The zero-order chi connectivity index (χ0) is 14.7. The molecule has 0 bridgehead atoms. The third-order valence-corrected chi connectivity index (χ3v) is 3.13. The molecule has 0 aliphatic carbocycles. The number of aromatic amines is 1. The van der Waals surface area contributed by atoms with Gasteiger partial charge in [-0.15, -0.1) is 0 Å². The van der Waals surface area contributed by atoms with Crippen LogP contribution in [0.25, 0.3) is 11.3 Å². The van der Waals surface area contributed by atoms with Crippen molar-refractivity contribution in [3.63, 3.8) is 0 Å². The molecule has 2 rings (SSSR count). The van der Waals surface area contributed by atoms with Crippen molar-refractivity contribution in [2.75, 3.05) is 14.2 Å². The molecular formula is C15H18N2O3. The lowest BCUT2D eigenvalue weighted by molar-refractivity contribution is 0.0601. The maximum atomic E-state index is 11.6. The second-order valence-corrected chi connectivity index (χ2v) is 4.61. The molecule has 20 heavy (non-hydrogen) atoms. The van der Waals surface area contributed by atoms with Crippen molar-refractivity contribution >= 4 is 5.97 Å². The van der Waals surface area contributed by atoms with E-state index in [1.807, 2.05) is 19.9 Å². The van der Waals surface area contributed by atoms with Crippen LogP contribution in [-0.2, 0) is 16.1 Å². The highest BCUT2D eigenvalue weighted by Gasteiger charge is 2.14. The standard InChI is InChI=1S/C15H18N2O3/c1-9-5-6-11(15(18)20-4)7-12(9)14-10(2)16-13(17-14)8-19-3/h5-7H,8H2,1-4H3,(H,16,17). The van der Waals surface area contributed by atoms with E-state index in [0.29, 0.717) is 12.2 Å². The third kappa shape index (κ3) is 2.72. The van der Waals surface area contributed by atoms with Gasteiger partial charge in [0.1, 0.15) is 12.4 Å². The Hall–Kier alpha value is -2.14. The van der Waals surface area contributed by atoms with Crippen molar-refractivity contribution in [2.24, 2.45) is 0 Å². The first-order valence-electron chi connectivity index (χ1n) is 6.30. The third-order valence-electron chi connectivity index (χ3n) is 3.13. The fraction of sp³-hybridized carbons (Fsp3) is 0.333. The Bertz CT molecular complexity index is 632. The number of H-pyrrole nitrogens is 1. The molecule has 0 saturated heterocycles. The molecule has 1 N–H and O–H groups in total. The van der Waals surface area contributed by atoms with Gasteiger partial charge >= 0.3 is 5.97 Å². The van der Waals surface area contributed by atoms with E-state index >= 15 is 0 Å². The minimum absolute atomic E-state index is 0.350. The molecule has 0 radical (unpaired) electrons. The van der Waals surface area contributed by atoms with Gasteiger partial charge in [-0.3, -0.25) is 0 Å².